The molecule has 1 rings (SSSR count). The highest BCUT2D eigenvalue weighted by Crippen LogP contribution is 2.15. The first-order valence-corrected chi connectivity index (χ1v) is 7.67. The zero-order valence-corrected chi connectivity index (χ0v) is 12.6. The minimum absolute atomic E-state index is 0.133. The highest BCUT2D eigenvalue weighted by atomic mass is 32.2. The minimum Gasteiger partial charge on any atom is -0.468 e. The van der Waals surface area contributed by atoms with E-state index in [1.807, 2.05) is 12.3 Å². The summed E-state index contributed by atoms with van der Waals surface area (Å²) in [4.78, 5) is 25.2. The molecule has 0 aliphatic carbocycles. The highest BCUT2D eigenvalue weighted by Gasteiger charge is 2.24. The van der Waals surface area contributed by atoms with Crippen LogP contribution in [0, 0.1) is 0 Å². The molecule has 5 nitrogen and oxygen atoms in total. The number of hydrogen-bond acceptors (Lipinski definition) is 5. The number of esters is 1. The van der Waals surface area contributed by atoms with E-state index < -0.39 is 12.0 Å². The molecule has 0 heterocycles. The molecule has 0 spiro atoms. The third-order valence-corrected chi connectivity index (χ3v) is 3.44. The molecule has 0 saturated heterocycles. The molecule has 1 aromatic carbocycles. The number of rotatable bonds is 7. The topological polar surface area (TPSA) is 72.6 Å². The molecular weight excluding hydrogens is 276 g/mol. The number of ether oxygens (including phenoxy) is 1. The third kappa shape index (κ3) is 4.86. The van der Waals surface area contributed by atoms with E-state index in [9.17, 15) is 9.59 Å². The summed E-state index contributed by atoms with van der Waals surface area (Å²) in [5.41, 5.74) is 6.54. The number of carbonyl (C=O) groups excluding carboxylic acids is 2. The second-order valence-electron chi connectivity index (χ2n) is 4.22. The summed E-state index contributed by atoms with van der Waals surface area (Å²) < 4.78 is 4.64. The summed E-state index contributed by atoms with van der Waals surface area (Å²) >= 11 is 1.63. The normalized spacial score (nSPS) is 11.8. The zero-order chi connectivity index (χ0) is 15.0. The van der Waals surface area contributed by atoms with Gasteiger partial charge in [-0.15, -0.1) is 0 Å². The number of carbonyl (C=O) groups is 2. The first kappa shape index (κ1) is 16.5. The maximum absolute atomic E-state index is 12.4. The molecule has 0 radical (unpaired) electrons. The second-order valence-corrected chi connectivity index (χ2v) is 5.21. The Labute approximate surface area is 123 Å². The molecule has 0 unspecified atom stereocenters. The van der Waals surface area contributed by atoms with Gasteiger partial charge in [-0.25, -0.2) is 0 Å². The van der Waals surface area contributed by atoms with E-state index in [1.54, 1.807) is 36.0 Å². The highest BCUT2D eigenvalue weighted by molar-refractivity contribution is 7.98. The molecule has 1 amide bonds. The van der Waals surface area contributed by atoms with E-state index in [1.165, 1.54) is 12.0 Å². The number of thioether (sulfide) groups is 1. The van der Waals surface area contributed by atoms with Crippen molar-refractivity contribution in [3.05, 3.63) is 30.3 Å². The van der Waals surface area contributed by atoms with Crippen molar-refractivity contribution in [2.45, 2.75) is 12.5 Å². The number of nitrogens with zero attached hydrogens (tertiary/aromatic N) is 1. The molecule has 0 aliphatic rings. The van der Waals surface area contributed by atoms with E-state index in [0.29, 0.717) is 12.1 Å². The Kier molecular flexibility index (Phi) is 7.11. The van der Waals surface area contributed by atoms with Gasteiger partial charge in [0.2, 0.25) is 5.91 Å². The third-order valence-electron chi connectivity index (χ3n) is 2.80. The molecule has 2 N–H and O–H groups in total. The van der Waals surface area contributed by atoms with Crippen molar-refractivity contribution in [2.75, 3.05) is 30.6 Å². The van der Waals surface area contributed by atoms with Gasteiger partial charge >= 0.3 is 5.97 Å². The monoisotopic (exact) mass is 296 g/mol. The molecule has 110 valence electrons. The molecule has 0 aliphatic heterocycles. The van der Waals surface area contributed by atoms with Crippen molar-refractivity contribution in [2.24, 2.45) is 5.73 Å². The van der Waals surface area contributed by atoms with E-state index >= 15 is 0 Å². The zero-order valence-electron chi connectivity index (χ0n) is 11.7. The molecule has 0 saturated carbocycles. The Morgan fingerprint density at radius 3 is 2.55 bits per heavy atom. The molecular formula is C14H20N2O3S. The van der Waals surface area contributed by atoms with Crippen LogP contribution >= 0.6 is 11.8 Å². The molecule has 1 aromatic rings. The SMILES string of the molecule is COC(=O)CN(C(=O)[C@@H](N)CCSC)c1ccccc1. The Morgan fingerprint density at radius 2 is 2.00 bits per heavy atom. The fourth-order valence-electron chi connectivity index (χ4n) is 1.67. The second kappa shape index (κ2) is 8.60. The van der Waals surface area contributed by atoms with Gasteiger partial charge in [0.25, 0.3) is 0 Å². The van der Waals surface area contributed by atoms with Gasteiger partial charge < -0.3 is 10.5 Å². The number of para-hydroxylation sites is 1. The number of methoxy groups -OCH3 is 1. The minimum atomic E-state index is -0.618. The smallest absolute Gasteiger partial charge is 0.325 e. The van der Waals surface area contributed by atoms with E-state index in [2.05, 4.69) is 4.74 Å². The molecule has 1 atom stereocenters. The number of benzene rings is 1. The Morgan fingerprint density at radius 1 is 1.35 bits per heavy atom. The Bertz CT molecular complexity index is 439. The molecule has 0 aromatic heterocycles. The van der Waals surface area contributed by atoms with Crippen molar-refractivity contribution in [3.63, 3.8) is 0 Å². The average molecular weight is 296 g/mol. The summed E-state index contributed by atoms with van der Waals surface area (Å²) in [6, 6.07) is 8.37. The lowest BCUT2D eigenvalue weighted by molar-refractivity contribution is -0.140. The lowest BCUT2D eigenvalue weighted by Gasteiger charge is -2.24. The van der Waals surface area contributed by atoms with Crippen LogP contribution in [0.2, 0.25) is 0 Å². The van der Waals surface area contributed by atoms with Crippen LogP contribution in [0.3, 0.4) is 0 Å². The van der Waals surface area contributed by atoms with Gasteiger partial charge in [-0.1, -0.05) is 18.2 Å². The van der Waals surface area contributed by atoms with Crippen LogP contribution in [0.15, 0.2) is 30.3 Å². The molecule has 0 fully saturated rings. The van der Waals surface area contributed by atoms with Crippen LogP contribution in [0.5, 0.6) is 0 Å². The predicted molar refractivity (Wildman–Crippen MR) is 81.8 cm³/mol. The maximum atomic E-state index is 12.4. The van der Waals surface area contributed by atoms with Gasteiger partial charge in [0, 0.05) is 5.69 Å². The first-order valence-electron chi connectivity index (χ1n) is 6.28. The average Bonchev–Trinajstić information content (AvgIpc) is 2.50. The van der Waals surface area contributed by atoms with E-state index in [4.69, 9.17) is 5.73 Å². The fraction of sp³-hybridized carbons (Fsp3) is 0.429. The van der Waals surface area contributed by atoms with Crippen molar-refractivity contribution < 1.29 is 14.3 Å². The molecule has 0 bridgehead atoms. The van der Waals surface area contributed by atoms with Crippen molar-refractivity contribution in [3.8, 4) is 0 Å². The van der Waals surface area contributed by atoms with Crippen molar-refractivity contribution in [1.82, 2.24) is 0 Å². The summed E-state index contributed by atoms with van der Waals surface area (Å²) in [5.74, 6) is 0.0586. The Balaban J connectivity index is 2.87. The summed E-state index contributed by atoms with van der Waals surface area (Å²) in [6.45, 7) is -0.133. The summed E-state index contributed by atoms with van der Waals surface area (Å²) in [7, 11) is 1.30. The number of nitrogens with two attached hydrogens (primary N) is 1. The van der Waals surface area contributed by atoms with Crippen LogP contribution in [0.1, 0.15) is 6.42 Å². The number of hydrogen-bond donors (Lipinski definition) is 1. The maximum Gasteiger partial charge on any atom is 0.325 e. The fourth-order valence-corrected chi connectivity index (χ4v) is 2.16. The number of amides is 1. The van der Waals surface area contributed by atoms with Crippen molar-refractivity contribution in [1.29, 1.82) is 0 Å². The van der Waals surface area contributed by atoms with Crippen molar-refractivity contribution >= 4 is 29.3 Å². The number of anilines is 1. The van der Waals surface area contributed by atoms with E-state index in [0.717, 1.165) is 5.75 Å². The van der Waals surface area contributed by atoms with Gasteiger partial charge in [0.1, 0.15) is 6.54 Å². The van der Waals surface area contributed by atoms with Crippen LogP contribution < -0.4 is 10.6 Å². The lowest BCUT2D eigenvalue weighted by Crippen LogP contribution is -2.46. The van der Waals surface area contributed by atoms with Crippen LogP contribution in [-0.4, -0.2) is 43.6 Å². The van der Waals surface area contributed by atoms with Crippen LogP contribution in [0.4, 0.5) is 5.69 Å². The molecule has 20 heavy (non-hydrogen) atoms. The van der Waals surface area contributed by atoms with E-state index in [-0.39, 0.29) is 12.5 Å². The standard InChI is InChI=1S/C14H20N2O3S/c1-19-13(17)10-16(11-6-4-3-5-7-11)14(18)12(15)8-9-20-2/h3-7,12H,8-10,15H2,1-2H3/t12-/m0/s1. The van der Waals surface area contributed by atoms with Crippen LogP contribution in [-0.2, 0) is 14.3 Å². The van der Waals surface area contributed by atoms with Gasteiger partial charge in [-0.3, -0.25) is 14.5 Å². The Hall–Kier alpha value is -1.53. The van der Waals surface area contributed by atoms with Gasteiger partial charge in [0.15, 0.2) is 0 Å². The lowest BCUT2D eigenvalue weighted by atomic mass is 10.2. The molecule has 6 heteroatoms. The first-order chi connectivity index (χ1) is 9.60. The van der Waals surface area contributed by atoms with Gasteiger partial charge in [-0.05, 0) is 30.6 Å². The summed E-state index contributed by atoms with van der Waals surface area (Å²) in [6.07, 6.45) is 2.53. The predicted octanol–water partition coefficient (Wildman–Crippen LogP) is 1.27. The van der Waals surface area contributed by atoms with Gasteiger partial charge in [0.05, 0.1) is 13.2 Å². The quantitative estimate of drug-likeness (QED) is 0.767. The van der Waals surface area contributed by atoms with Gasteiger partial charge in [-0.2, -0.15) is 11.8 Å². The summed E-state index contributed by atoms with van der Waals surface area (Å²) in [5, 5.41) is 0. The van der Waals surface area contributed by atoms with Crippen LogP contribution in [0.25, 0.3) is 0 Å². The largest absolute Gasteiger partial charge is 0.468 e.